The molecule has 0 aromatic carbocycles. The first-order chi connectivity index (χ1) is 4.00. The standard InChI is InChI=1S/C8H12.Ni.Pd/c1-2-4-6-8-7-5-3-1;;/h1-4H,5-8H2;;. The molecule has 0 amide bonds. The molecule has 1 rings (SSSR count). The molecule has 10 heavy (non-hydrogen) atoms. The van der Waals surface area contributed by atoms with E-state index in [9.17, 15) is 0 Å². The van der Waals surface area contributed by atoms with Crippen LogP contribution >= 0.6 is 0 Å². The van der Waals surface area contributed by atoms with Crippen molar-refractivity contribution < 1.29 is 36.9 Å². The number of hydrogen-bond donors (Lipinski definition) is 0. The molecular weight excluding hydrogens is 261 g/mol. The van der Waals surface area contributed by atoms with Crippen LogP contribution in [0.15, 0.2) is 24.3 Å². The van der Waals surface area contributed by atoms with Crippen LogP contribution in [0.2, 0.25) is 0 Å². The summed E-state index contributed by atoms with van der Waals surface area (Å²) in [5.41, 5.74) is 0. The van der Waals surface area contributed by atoms with Gasteiger partial charge >= 0.3 is 0 Å². The molecular formula is C8H12NiPd. The van der Waals surface area contributed by atoms with Crippen LogP contribution < -0.4 is 0 Å². The van der Waals surface area contributed by atoms with E-state index in [0.717, 1.165) is 0 Å². The molecule has 0 fully saturated rings. The van der Waals surface area contributed by atoms with Crippen LogP contribution in [-0.2, 0) is 36.9 Å². The molecule has 2 heteroatoms. The fourth-order valence-corrected chi connectivity index (χ4v) is 0.874. The zero-order valence-corrected chi connectivity index (χ0v) is 8.31. The maximum atomic E-state index is 2.23. The smallest absolute Gasteiger partial charge is 0 e. The summed E-state index contributed by atoms with van der Waals surface area (Å²) in [5, 5.41) is 0. The van der Waals surface area contributed by atoms with Crippen LogP contribution in [0.5, 0.6) is 0 Å². The third kappa shape index (κ3) is 6.75. The Morgan fingerprint density at radius 2 is 1.20 bits per heavy atom. The molecule has 0 aliphatic heterocycles. The predicted molar refractivity (Wildman–Crippen MR) is 36.7 cm³/mol. The minimum Gasteiger partial charge on any atom is -0.0845 e. The molecule has 64 valence electrons. The van der Waals surface area contributed by atoms with Crippen molar-refractivity contribution in [2.45, 2.75) is 25.7 Å². The van der Waals surface area contributed by atoms with E-state index >= 15 is 0 Å². The van der Waals surface area contributed by atoms with Crippen LogP contribution in [0.3, 0.4) is 0 Å². The molecule has 0 spiro atoms. The first-order valence-corrected chi connectivity index (χ1v) is 3.32. The van der Waals surface area contributed by atoms with Crippen molar-refractivity contribution in [3.05, 3.63) is 24.3 Å². The maximum absolute atomic E-state index is 2.23. The Morgan fingerprint density at radius 1 is 0.800 bits per heavy atom. The summed E-state index contributed by atoms with van der Waals surface area (Å²) in [6.07, 6.45) is 14.0. The maximum Gasteiger partial charge on any atom is 0 e. The van der Waals surface area contributed by atoms with E-state index in [1.807, 2.05) is 0 Å². The van der Waals surface area contributed by atoms with Crippen LogP contribution in [0.4, 0.5) is 0 Å². The van der Waals surface area contributed by atoms with Crippen LogP contribution in [0, 0.1) is 0 Å². The third-order valence-corrected chi connectivity index (χ3v) is 1.37. The van der Waals surface area contributed by atoms with Gasteiger partial charge in [0.15, 0.2) is 0 Å². The molecule has 0 aromatic heterocycles. The quantitative estimate of drug-likeness (QED) is 0.595. The summed E-state index contributed by atoms with van der Waals surface area (Å²) in [5.74, 6) is 0. The van der Waals surface area contributed by atoms with Crippen LogP contribution in [-0.4, -0.2) is 0 Å². The van der Waals surface area contributed by atoms with Crippen molar-refractivity contribution in [3.8, 4) is 0 Å². The monoisotopic (exact) mass is 272 g/mol. The second-order valence-corrected chi connectivity index (χ2v) is 2.14. The molecule has 0 atom stereocenters. The van der Waals surface area contributed by atoms with E-state index < -0.39 is 0 Å². The molecule has 1 aliphatic carbocycles. The van der Waals surface area contributed by atoms with Gasteiger partial charge < -0.3 is 0 Å². The first-order valence-electron chi connectivity index (χ1n) is 3.32. The Balaban J connectivity index is 0. The van der Waals surface area contributed by atoms with Crippen molar-refractivity contribution in [1.29, 1.82) is 0 Å². The average molecular weight is 273 g/mol. The van der Waals surface area contributed by atoms with Gasteiger partial charge in [-0.2, -0.15) is 0 Å². The Kier molecular flexibility index (Phi) is 12.8. The van der Waals surface area contributed by atoms with Crippen LogP contribution in [0.1, 0.15) is 25.7 Å². The minimum absolute atomic E-state index is 0. The fourth-order valence-electron chi connectivity index (χ4n) is 0.874. The van der Waals surface area contributed by atoms with Gasteiger partial charge in [-0.25, -0.2) is 0 Å². The van der Waals surface area contributed by atoms with Gasteiger partial charge in [-0.1, -0.05) is 24.3 Å². The molecule has 0 saturated heterocycles. The van der Waals surface area contributed by atoms with Crippen molar-refractivity contribution in [3.63, 3.8) is 0 Å². The SMILES string of the molecule is C1=CCCCCC=C1.[Ni].[Pd]. The van der Waals surface area contributed by atoms with E-state index in [4.69, 9.17) is 0 Å². The summed E-state index contributed by atoms with van der Waals surface area (Å²) in [7, 11) is 0. The van der Waals surface area contributed by atoms with Crippen molar-refractivity contribution in [2.75, 3.05) is 0 Å². The fraction of sp³-hybridized carbons (Fsp3) is 0.500. The van der Waals surface area contributed by atoms with Gasteiger partial charge in [0.1, 0.15) is 0 Å². The van der Waals surface area contributed by atoms with Gasteiger partial charge in [0.05, 0.1) is 0 Å². The van der Waals surface area contributed by atoms with Gasteiger partial charge in [0.25, 0.3) is 0 Å². The summed E-state index contributed by atoms with van der Waals surface area (Å²) < 4.78 is 0. The summed E-state index contributed by atoms with van der Waals surface area (Å²) in [6, 6.07) is 0. The van der Waals surface area contributed by atoms with Crippen molar-refractivity contribution in [2.24, 2.45) is 0 Å². The van der Waals surface area contributed by atoms with E-state index in [0.29, 0.717) is 0 Å². The van der Waals surface area contributed by atoms with E-state index in [1.54, 1.807) is 0 Å². The van der Waals surface area contributed by atoms with Gasteiger partial charge in [-0.3, -0.25) is 0 Å². The number of allylic oxidation sites excluding steroid dienone is 4. The van der Waals surface area contributed by atoms with E-state index in [2.05, 4.69) is 24.3 Å². The van der Waals surface area contributed by atoms with Gasteiger partial charge in [0.2, 0.25) is 0 Å². The Morgan fingerprint density at radius 3 is 1.60 bits per heavy atom. The molecule has 0 bridgehead atoms. The van der Waals surface area contributed by atoms with Gasteiger partial charge in [-0.05, 0) is 25.7 Å². The second-order valence-electron chi connectivity index (χ2n) is 2.14. The van der Waals surface area contributed by atoms with Crippen molar-refractivity contribution in [1.82, 2.24) is 0 Å². The zero-order valence-electron chi connectivity index (χ0n) is 5.77. The molecule has 0 N–H and O–H groups in total. The summed E-state index contributed by atoms with van der Waals surface area (Å²) in [6.45, 7) is 0. The predicted octanol–water partition coefficient (Wildman–Crippen LogP) is 2.67. The molecule has 0 nitrogen and oxygen atoms in total. The third-order valence-electron chi connectivity index (χ3n) is 1.37. The van der Waals surface area contributed by atoms with Crippen LogP contribution in [0.25, 0.3) is 0 Å². The average Bonchev–Trinajstić information content (AvgIpc) is 1.62. The van der Waals surface area contributed by atoms with E-state index in [1.165, 1.54) is 25.7 Å². The Bertz CT molecular complexity index is 93.8. The topological polar surface area (TPSA) is 0 Å². The Hall–Kier alpha value is 0.636. The first kappa shape index (κ1) is 13.2. The minimum atomic E-state index is 0. The Labute approximate surface area is 86.7 Å². The van der Waals surface area contributed by atoms with E-state index in [-0.39, 0.29) is 36.9 Å². The normalized spacial score (nSPS) is 16.0. The molecule has 0 saturated carbocycles. The zero-order chi connectivity index (χ0) is 5.66. The van der Waals surface area contributed by atoms with Gasteiger partial charge in [-0.15, -0.1) is 0 Å². The largest absolute Gasteiger partial charge is 0.0845 e. The molecule has 0 heterocycles. The molecule has 0 radical (unpaired) electrons. The van der Waals surface area contributed by atoms with Crippen molar-refractivity contribution >= 4 is 0 Å². The van der Waals surface area contributed by atoms with Gasteiger partial charge in [0, 0.05) is 36.9 Å². The molecule has 0 unspecified atom stereocenters. The molecule has 0 aromatic rings. The number of rotatable bonds is 0. The number of hydrogen-bond acceptors (Lipinski definition) is 0. The summed E-state index contributed by atoms with van der Waals surface area (Å²) in [4.78, 5) is 0. The summed E-state index contributed by atoms with van der Waals surface area (Å²) >= 11 is 0. The second kappa shape index (κ2) is 9.64. The molecule has 1 aliphatic rings.